The Labute approximate surface area is 140 Å². The summed E-state index contributed by atoms with van der Waals surface area (Å²) in [5.41, 5.74) is 0.759. The Morgan fingerprint density at radius 3 is 2.27 bits per heavy atom. The fraction of sp³-hybridized carbons (Fsp3) is 0.600. The second-order valence-electron chi connectivity index (χ2n) is 5.12. The van der Waals surface area contributed by atoms with E-state index in [9.17, 15) is 13.2 Å². The summed E-state index contributed by atoms with van der Waals surface area (Å²) in [5, 5.41) is 3.18. The van der Waals surface area contributed by atoms with E-state index in [4.69, 9.17) is 0 Å². The zero-order valence-electron chi connectivity index (χ0n) is 12.5. The van der Waals surface area contributed by atoms with E-state index >= 15 is 0 Å². The first-order valence-corrected chi connectivity index (χ1v) is 8.22. The van der Waals surface area contributed by atoms with Gasteiger partial charge in [-0.1, -0.05) is 19.1 Å². The lowest BCUT2D eigenvalue weighted by atomic mass is 10.0. The summed E-state index contributed by atoms with van der Waals surface area (Å²) < 4.78 is 38.7. The maximum absolute atomic E-state index is 12.9. The number of hydrogen-bond acceptors (Lipinski definition) is 3. The number of rotatable bonds is 5. The summed E-state index contributed by atoms with van der Waals surface area (Å²) in [6, 6.07) is 6.96. The molecule has 7 heteroatoms. The van der Waals surface area contributed by atoms with Gasteiger partial charge in [-0.05, 0) is 23.4 Å². The molecule has 1 atom stereocenters. The van der Waals surface area contributed by atoms with Gasteiger partial charge in [0.15, 0.2) is 0 Å². The molecule has 1 aromatic carbocycles. The van der Waals surface area contributed by atoms with Gasteiger partial charge in [0.1, 0.15) is 0 Å². The number of thioether (sulfide) groups is 1. The molecular formula is C15H22ClF3N2S. The minimum atomic E-state index is -4.15. The molecule has 1 aromatic rings. The van der Waals surface area contributed by atoms with E-state index in [2.05, 4.69) is 12.2 Å². The lowest BCUT2D eigenvalue weighted by Crippen LogP contribution is -2.46. The van der Waals surface area contributed by atoms with E-state index in [0.29, 0.717) is 13.1 Å². The van der Waals surface area contributed by atoms with Crippen molar-refractivity contribution < 1.29 is 13.2 Å². The van der Waals surface area contributed by atoms with Gasteiger partial charge in [0.2, 0.25) is 0 Å². The Balaban J connectivity index is 0.00000242. The van der Waals surface area contributed by atoms with Crippen LogP contribution in [0.3, 0.4) is 0 Å². The molecule has 2 nitrogen and oxygen atoms in total. The molecule has 126 valence electrons. The quantitative estimate of drug-likeness (QED) is 0.801. The third-order valence-electron chi connectivity index (χ3n) is 3.59. The molecule has 0 unspecified atom stereocenters. The smallest absolute Gasteiger partial charge is 0.314 e. The highest BCUT2D eigenvalue weighted by Gasteiger charge is 2.35. The Bertz CT molecular complexity index is 433. The van der Waals surface area contributed by atoms with Gasteiger partial charge in [0.25, 0.3) is 0 Å². The molecule has 1 N–H and O–H groups in total. The van der Waals surface area contributed by atoms with Gasteiger partial charge in [-0.15, -0.1) is 24.2 Å². The number of nitrogens with zero attached hydrogens (tertiary/aromatic N) is 1. The number of hydrogen-bond donors (Lipinski definition) is 1. The Kier molecular flexibility index (Phi) is 8.03. The molecule has 0 aliphatic carbocycles. The van der Waals surface area contributed by atoms with Crippen LogP contribution in [0.5, 0.6) is 0 Å². The normalized spacial score (nSPS) is 17.8. The van der Waals surface area contributed by atoms with Crippen molar-refractivity contribution in [1.82, 2.24) is 10.2 Å². The van der Waals surface area contributed by atoms with Crippen LogP contribution in [-0.2, 0) is 0 Å². The molecule has 2 rings (SSSR count). The molecule has 0 aromatic heterocycles. The molecule has 0 bridgehead atoms. The van der Waals surface area contributed by atoms with Gasteiger partial charge in [-0.2, -0.15) is 13.2 Å². The number of piperazine rings is 1. The van der Waals surface area contributed by atoms with E-state index in [1.165, 1.54) is 0 Å². The van der Waals surface area contributed by atoms with Gasteiger partial charge in [-0.3, -0.25) is 4.90 Å². The molecule has 22 heavy (non-hydrogen) atoms. The third kappa shape index (κ3) is 5.99. The first kappa shape index (κ1) is 19.6. The van der Waals surface area contributed by atoms with Gasteiger partial charge >= 0.3 is 6.18 Å². The first-order valence-electron chi connectivity index (χ1n) is 7.24. The summed E-state index contributed by atoms with van der Waals surface area (Å²) in [7, 11) is 0. The van der Waals surface area contributed by atoms with Gasteiger partial charge < -0.3 is 5.32 Å². The largest absolute Gasteiger partial charge is 0.390 e. The van der Waals surface area contributed by atoms with Crippen molar-refractivity contribution in [2.75, 3.05) is 31.9 Å². The summed E-state index contributed by atoms with van der Waals surface area (Å²) in [6.07, 6.45) is -4.93. The van der Waals surface area contributed by atoms with E-state index in [1.807, 2.05) is 29.2 Å². The summed E-state index contributed by atoms with van der Waals surface area (Å²) >= 11 is 1.70. The highest BCUT2D eigenvalue weighted by molar-refractivity contribution is 7.99. The van der Waals surface area contributed by atoms with Gasteiger partial charge in [0, 0.05) is 37.1 Å². The Morgan fingerprint density at radius 1 is 1.18 bits per heavy atom. The fourth-order valence-electron chi connectivity index (χ4n) is 2.62. The lowest BCUT2D eigenvalue weighted by Gasteiger charge is -2.35. The average molecular weight is 355 g/mol. The van der Waals surface area contributed by atoms with Crippen molar-refractivity contribution in [3.8, 4) is 0 Å². The van der Waals surface area contributed by atoms with Crippen LogP contribution in [0.15, 0.2) is 29.2 Å². The van der Waals surface area contributed by atoms with Crippen LogP contribution in [0.25, 0.3) is 0 Å². The highest BCUT2D eigenvalue weighted by atomic mass is 35.5. The Morgan fingerprint density at radius 2 is 1.77 bits per heavy atom. The molecule has 0 amide bonds. The first-order chi connectivity index (χ1) is 9.99. The van der Waals surface area contributed by atoms with Gasteiger partial charge in [-0.25, -0.2) is 0 Å². The maximum Gasteiger partial charge on any atom is 0.390 e. The zero-order valence-corrected chi connectivity index (χ0v) is 14.2. The monoisotopic (exact) mass is 354 g/mol. The lowest BCUT2D eigenvalue weighted by molar-refractivity contribution is -0.148. The summed E-state index contributed by atoms with van der Waals surface area (Å²) in [5.74, 6) is 0.961. The van der Waals surface area contributed by atoms with Crippen molar-refractivity contribution in [2.45, 2.75) is 30.5 Å². The average Bonchev–Trinajstić information content (AvgIpc) is 2.46. The molecule has 1 aliphatic rings. The molecule has 1 heterocycles. The zero-order chi connectivity index (χ0) is 15.3. The van der Waals surface area contributed by atoms with E-state index < -0.39 is 18.6 Å². The molecule has 1 saturated heterocycles. The van der Waals surface area contributed by atoms with Crippen molar-refractivity contribution >= 4 is 24.2 Å². The van der Waals surface area contributed by atoms with E-state index in [1.54, 1.807) is 11.8 Å². The molecule has 1 fully saturated rings. The van der Waals surface area contributed by atoms with Crippen LogP contribution < -0.4 is 5.32 Å². The third-order valence-corrected chi connectivity index (χ3v) is 4.49. The molecule has 0 radical (unpaired) electrons. The molecule has 0 spiro atoms. The maximum atomic E-state index is 12.9. The summed E-state index contributed by atoms with van der Waals surface area (Å²) in [6.45, 7) is 4.88. The predicted molar refractivity (Wildman–Crippen MR) is 87.9 cm³/mol. The number of nitrogens with one attached hydrogen (secondary N) is 1. The summed E-state index contributed by atoms with van der Waals surface area (Å²) in [4.78, 5) is 3.04. The Hall–Kier alpha value is -0.430. The van der Waals surface area contributed by atoms with Crippen molar-refractivity contribution in [2.24, 2.45) is 0 Å². The minimum absolute atomic E-state index is 0. The van der Waals surface area contributed by atoms with Crippen LogP contribution in [0.2, 0.25) is 0 Å². The number of benzene rings is 1. The van der Waals surface area contributed by atoms with E-state index in [-0.39, 0.29) is 12.4 Å². The van der Waals surface area contributed by atoms with Crippen molar-refractivity contribution in [3.05, 3.63) is 29.8 Å². The number of halogens is 4. The predicted octanol–water partition coefficient (Wildman–Crippen LogP) is 4.12. The SMILES string of the molecule is CCSc1ccc([C@H](CC(F)(F)F)N2CCNCC2)cc1.Cl. The minimum Gasteiger partial charge on any atom is -0.314 e. The van der Waals surface area contributed by atoms with Crippen molar-refractivity contribution in [3.63, 3.8) is 0 Å². The van der Waals surface area contributed by atoms with Gasteiger partial charge in [0.05, 0.1) is 6.42 Å². The second kappa shape index (κ2) is 9.01. The van der Waals surface area contributed by atoms with E-state index in [0.717, 1.165) is 29.3 Å². The van der Waals surface area contributed by atoms with Crippen LogP contribution in [-0.4, -0.2) is 43.0 Å². The standard InChI is InChI=1S/C15H21F3N2S.ClH/c1-2-21-13-5-3-12(4-6-13)14(11-15(16,17)18)20-9-7-19-8-10-20;/h3-6,14,19H,2,7-11H2,1H3;1H/t14-;/m0./s1. The van der Waals surface area contributed by atoms with Crippen LogP contribution >= 0.6 is 24.2 Å². The molecular weight excluding hydrogens is 333 g/mol. The molecule has 0 saturated carbocycles. The number of alkyl halides is 3. The van der Waals surface area contributed by atoms with Crippen LogP contribution in [0.4, 0.5) is 13.2 Å². The van der Waals surface area contributed by atoms with Crippen molar-refractivity contribution in [1.29, 1.82) is 0 Å². The van der Waals surface area contributed by atoms with Crippen LogP contribution in [0, 0.1) is 0 Å². The fourth-order valence-corrected chi connectivity index (χ4v) is 3.29. The topological polar surface area (TPSA) is 15.3 Å². The molecule has 1 aliphatic heterocycles. The highest BCUT2D eigenvalue weighted by Crippen LogP contribution is 2.34. The van der Waals surface area contributed by atoms with Crippen LogP contribution in [0.1, 0.15) is 24.9 Å². The second-order valence-corrected chi connectivity index (χ2v) is 6.46.